The summed E-state index contributed by atoms with van der Waals surface area (Å²) >= 11 is 3.13. The van der Waals surface area contributed by atoms with Crippen molar-refractivity contribution in [3.63, 3.8) is 0 Å². The van der Waals surface area contributed by atoms with E-state index in [1.165, 1.54) is 4.68 Å². The summed E-state index contributed by atoms with van der Waals surface area (Å²) in [4.78, 5) is 9.90. The average molecular weight is 175 g/mol. The summed E-state index contributed by atoms with van der Waals surface area (Å²) in [6, 6.07) is 0. The molecule has 0 bridgehead atoms. The maximum absolute atomic E-state index is 9.90. The highest BCUT2D eigenvalue weighted by atomic mass is 79.9. The Balaban J connectivity index is 3.00. The molecule has 1 aromatic rings. The number of carbonyl (C=O) groups excluding carboxylic acids is 1. The standard InChI is InChI=1S/C4H3BrN2O/c5-4-1-6-7(2-4)3-8/h1-3H. The number of hydrogen-bond donors (Lipinski definition) is 0. The third kappa shape index (κ3) is 0.949. The van der Waals surface area contributed by atoms with Crippen molar-refractivity contribution in [3.05, 3.63) is 16.9 Å². The van der Waals surface area contributed by atoms with Gasteiger partial charge in [0.25, 0.3) is 0 Å². The molecule has 0 aromatic carbocycles. The van der Waals surface area contributed by atoms with E-state index in [1.807, 2.05) is 0 Å². The quantitative estimate of drug-likeness (QED) is 0.588. The largest absolute Gasteiger partial charge is 0.276 e. The molecular formula is C4H3BrN2O. The van der Waals surface area contributed by atoms with Crippen molar-refractivity contribution in [3.8, 4) is 0 Å². The Morgan fingerprint density at radius 3 is 2.88 bits per heavy atom. The molecule has 3 nitrogen and oxygen atoms in total. The molecule has 0 radical (unpaired) electrons. The molecule has 0 aliphatic rings. The lowest BCUT2D eigenvalue weighted by molar-refractivity contribution is 0.540. The average Bonchev–Trinajstić information content (AvgIpc) is 2.14. The normalized spacial score (nSPS) is 9.12. The molecule has 0 atom stereocenters. The Morgan fingerprint density at radius 1 is 1.88 bits per heavy atom. The molecular weight excluding hydrogens is 172 g/mol. The molecule has 1 rings (SSSR count). The van der Waals surface area contributed by atoms with Crippen LogP contribution in [-0.4, -0.2) is 16.2 Å². The molecule has 0 amide bonds. The van der Waals surface area contributed by atoms with Crippen molar-refractivity contribution in [2.75, 3.05) is 0 Å². The van der Waals surface area contributed by atoms with Gasteiger partial charge in [-0.15, -0.1) is 0 Å². The van der Waals surface area contributed by atoms with Gasteiger partial charge >= 0.3 is 0 Å². The van der Waals surface area contributed by atoms with Gasteiger partial charge in [0, 0.05) is 6.20 Å². The number of hydrogen-bond acceptors (Lipinski definition) is 2. The van der Waals surface area contributed by atoms with Crippen LogP contribution in [-0.2, 0) is 4.79 Å². The summed E-state index contributed by atoms with van der Waals surface area (Å²) < 4.78 is 1.99. The van der Waals surface area contributed by atoms with Crippen LogP contribution in [0.4, 0.5) is 0 Å². The van der Waals surface area contributed by atoms with Crippen LogP contribution >= 0.6 is 15.9 Å². The summed E-state index contributed by atoms with van der Waals surface area (Å²) in [5.41, 5.74) is 0. The second-order valence-electron chi connectivity index (χ2n) is 1.24. The van der Waals surface area contributed by atoms with E-state index in [0.717, 1.165) is 4.47 Å². The van der Waals surface area contributed by atoms with E-state index in [2.05, 4.69) is 21.0 Å². The molecule has 0 unspecified atom stereocenters. The zero-order valence-corrected chi connectivity index (χ0v) is 5.50. The second-order valence-corrected chi connectivity index (χ2v) is 2.16. The maximum Gasteiger partial charge on any atom is 0.234 e. The fraction of sp³-hybridized carbons (Fsp3) is 0. The van der Waals surface area contributed by atoms with Gasteiger partial charge in [0.15, 0.2) is 0 Å². The Bertz CT molecular complexity index is 196. The number of aromatic nitrogens is 2. The lowest BCUT2D eigenvalue weighted by Gasteiger charge is -1.76. The van der Waals surface area contributed by atoms with Gasteiger partial charge in [-0.25, -0.2) is 4.68 Å². The van der Waals surface area contributed by atoms with Gasteiger partial charge in [-0.05, 0) is 15.9 Å². The summed E-state index contributed by atoms with van der Waals surface area (Å²) in [5, 5.41) is 3.64. The molecule has 0 spiro atoms. The minimum absolute atomic E-state index is 0.630. The Labute approximate surface area is 54.4 Å². The number of nitrogens with zero attached hydrogens (tertiary/aromatic N) is 2. The van der Waals surface area contributed by atoms with Crippen molar-refractivity contribution in [2.45, 2.75) is 0 Å². The molecule has 0 fully saturated rings. The van der Waals surface area contributed by atoms with Gasteiger partial charge in [0.2, 0.25) is 6.41 Å². The Hall–Kier alpha value is -0.640. The van der Waals surface area contributed by atoms with Crippen molar-refractivity contribution >= 4 is 22.3 Å². The van der Waals surface area contributed by atoms with Crippen LogP contribution in [0.3, 0.4) is 0 Å². The molecule has 0 saturated heterocycles. The first-order valence-electron chi connectivity index (χ1n) is 1.98. The van der Waals surface area contributed by atoms with Crippen molar-refractivity contribution in [1.29, 1.82) is 0 Å². The highest BCUT2D eigenvalue weighted by Gasteiger charge is 1.88. The zero-order chi connectivity index (χ0) is 5.98. The third-order valence-electron chi connectivity index (χ3n) is 0.678. The summed E-state index contributed by atoms with van der Waals surface area (Å²) in [6.45, 7) is 0. The zero-order valence-electron chi connectivity index (χ0n) is 3.91. The first-order valence-corrected chi connectivity index (χ1v) is 2.77. The molecule has 0 saturated carbocycles. The first kappa shape index (κ1) is 5.50. The smallest absolute Gasteiger partial charge is 0.234 e. The Kier molecular flexibility index (Phi) is 1.43. The van der Waals surface area contributed by atoms with Crippen molar-refractivity contribution < 1.29 is 4.79 Å². The maximum atomic E-state index is 9.90. The molecule has 4 heteroatoms. The SMILES string of the molecule is O=Cn1cc(Br)cn1. The van der Waals surface area contributed by atoms with Gasteiger partial charge in [-0.3, -0.25) is 4.79 Å². The van der Waals surface area contributed by atoms with E-state index in [0.29, 0.717) is 6.41 Å². The van der Waals surface area contributed by atoms with Crippen LogP contribution in [0.1, 0.15) is 0 Å². The van der Waals surface area contributed by atoms with E-state index in [9.17, 15) is 4.79 Å². The highest BCUT2D eigenvalue weighted by Crippen LogP contribution is 2.03. The topological polar surface area (TPSA) is 34.9 Å². The van der Waals surface area contributed by atoms with Crippen LogP contribution in [0.2, 0.25) is 0 Å². The monoisotopic (exact) mass is 174 g/mol. The van der Waals surface area contributed by atoms with Crippen LogP contribution in [0.15, 0.2) is 16.9 Å². The van der Waals surface area contributed by atoms with Crippen LogP contribution in [0.25, 0.3) is 0 Å². The molecule has 0 aliphatic carbocycles. The Morgan fingerprint density at radius 2 is 2.62 bits per heavy atom. The molecule has 1 aromatic heterocycles. The predicted molar refractivity (Wildman–Crippen MR) is 32.1 cm³/mol. The lowest BCUT2D eigenvalue weighted by atomic mass is 10.8. The van der Waals surface area contributed by atoms with E-state index in [1.54, 1.807) is 12.4 Å². The highest BCUT2D eigenvalue weighted by molar-refractivity contribution is 9.10. The third-order valence-corrected chi connectivity index (χ3v) is 1.09. The second kappa shape index (κ2) is 2.09. The molecule has 0 aliphatic heterocycles. The van der Waals surface area contributed by atoms with Gasteiger partial charge in [0.05, 0.1) is 10.7 Å². The van der Waals surface area contributed by atoms with Crippen molar-refractivity contribution in [2.24, 2.45) is 0 Å². The van der Waals surface area contributed by atoms with Crippen LogP contribution in [0, 0.1) is 0 Å². The van der Waals surface area contributed by atoms with E-state index < -0.39 is 0 Å². The van der Waals surface area contributed by atoms with Crippen molar-refractivity contribution in [1.82, 2.24) is 9.78 Å². The molecule has 42 valence electrons. The van der Waals surface area contributed by atoms with Crippen LogP contribution < -0.4 is 0 Å². The summed E-state index contributed by atoms with van der Waals surface area (Å²) in [5.74, 6) is 0. The fourth-order valence-corrected chi connectivity index (χ4v) is 0.674. The predicted octanol–water partition coefficient (Wildman–Crippen LogP) is 0.684. The number of halogens is 1. The van der Waals surface area contributed by atoms with E-state index >= 15 is 0 Å². The number of rotatable bonds is 1. The lowest BCUT2D eigenvalue weighted by Crippen LogP contribution is -1.92. The first-order chi connectivity index (χ1) is 3.83. The minimum atomic E-state index is 0.630. The number of carbonyl (C=O) groups is 1. The van der Waals surface area contributed by atoms with Gasteiger partial charge < -0.3 is 0 Å². The van der Waals surface area contributed by atoms with Crippen LogP contribution in [0.5, 0.6) is 0 Å². The molecule has 8 heavy (non-hydrogen) atoms. The van der Waals surface area contributed by atoms with Gasteiger partial charge in [0.1, 0.15) is 0 Å². The van der Waals surface area contributed by atoms with E-state index in [4.69, 9.17) is 0 Å². The van der Waals surface area contributed by atoms with E-state index in [-0.39, 0.29) is 0 Å². The fourth-order valence-electron chi connectivity index (χ4n) is 0.372. The minimum Gasteiger partial charge on any atom is -0.276 e. The molecule has 0 N–H and O–H groups in total. The van der Waals surface area contributed by atoms with Gasteiger partial charge in [-0.1, -0.05) is 0 Å². The van der Waals surface area contributed by atoms with Gasteiger partial charge in [-0.2, -0.15) is 5.10 Å². The summed E-state index contributed by atoms with van der Waals surface area (Å²) in [7, 11) is 0. The summed E-state index contributed by atoms with van der Waals surface area (Å²) in [6.07, 6.45) is 3.76. The molecule has 1 heterocycles.